The molecule has 0 amide bonds. The van der Waals surface area contributed by atoms with E-state index in [1.807, 2.05) is 0 Å². The number of halogens is 1. The summed E-state index contributed by atoms with van der Waals surface area (Å²) in [5, 5.41) is -0.0144. The number of hydrogen-bond donors (Lipinski definition) is 1. The van der Waals surface area contributed by atoms with Gasteiger partial charge in [0.1, 0.15) is 6.10 Å². The van der Waals surface area contributed by atoms with Gasteiger partial charge >= 0.3 is 0 Å². The molecular weight excluding hydrogens is 208 g/mol. The Bertz CT molecular complexity index is 373. The number of nitrogens with zero attached hydrogens (tertiary/aromatic N) is 1. The summed E-state index contributed by atoms with van der Waals surface area (Å²) in [5.41, 5.74) is -0.393. The predicted molar refractivity (Wildman–Crippen MR) is 49.7 cm³/mol. The van der Waals surface area contributed by atoms with Crippen molar-refractivity contribution in [2.45, 2.75) is 12.5 Å². The molecule has 14 heavy (non-hydrogen) atoms. The molecule has 76 valence electrons. The summed E-state index contributed by atoms with van der Waals surface area (Å²) in [5.74, 6) is 0.172. The molecule has 0 bridgehead atoms. The molecule has 0 aromatic carbocycles. The predicted octanol–water partition coefficient (Wildman–Crippen LogP) is 0.591. The van der Waals surface area contributed by atoms with Crippen LogP contribution in [0.15, 0.2) is 11.1 Å². The molecule has 6 heteroatoms. The van der Waals surface area contributed by atoms with Crippen LogP contribution in [0.2, 0.25) is 5.02 Å². The lowest BCUT2D eigenvalue weighted by Crippen LogP contribution is -2.19. The van der Waals surface area contributed by atoms with Crippen LogP contribution in [-0.4, -0.2) is 29.3 Å². The van der Waals surface area contributed by atoms with Crippen molar-refractivity contribution in [1.29, 1.82) is 0 Å². The fourth-order valence-corrected chi connectivity index (χ4v) is 1.36. The van der Waals surface area contributed by atoms with Crippen molar-refractivity contribution in [2.75, 3.05) is 13.2 Å². The molecule has 1 unspecified atom stereocenters. The van der Waals surface area contributed by atoms with Gasteiger partial charge in [-0.3, -0.25) is 4.79 Å². The Morgan fingerprint density at radius 2 is 2.57 bits per heavy atom. The van der Waals surface area contributed by atoms with Crippen LogP contribution < -0.4 is 10.3 Å². The van der Waals surface area contributed by atoms with Gasteiger partial charge in [-0.25, -0.2) is 4.98 Å². The summed E-state index contributed by atoms with van der Waals surface area (Å²) in [7, 11) is 0. The van der Waals surface area contributed by atoms with E-state index < -0.39 is 5.56 Å². The molecule has 0 radical (unpaired) electrons. The number of ether oxygens (including phenoxy) is 2. The van der Waals surface area contributed by atoms with Crippen LogP contribution in [0.25, 0.3) is 0 Å². The number of hydrogen-bond acceptors (Lipinski definition) is 4. The van der Waals surface area contributed by atoms with E-state index in [1.54, 1.807) is 0 Å². The van der Waals surface area contributed by atoms with Gasteiger partial charge in [-0.2, -0.15) is 0 Å². The Balaban J connectivity index is 2.15. The standard InChI is InChI=1S/C8H9ClN2O3/c9-6-7(12)10-4-11-8(6)14-5-1-2-13-3-5/h4-5H,1-3H2,(H,10,11,12). The van der Waals surface area contributed by atoms with E-state index in [1.165, 1.54) is 6.33 Å². The van der Waals surface area contributed by atoms with Gasteiger partial charge in [-0.1, -0.05) is 11.6 Å². The normalized spacial score (nSPS) is 21.1. The van der Waals surface area contributed by atoms with Gasteiger partial charge in [-0.05, 0) is 0 Å². The van der Waals surface area contributed by atoms with Crippen molar-refractivity contribution in [3.05, 3.63) is 21.7 Å². The molecule has 1 N–H and O–H groups in total. The molecule has 1 fully saturated rings. The van der Waals surface area contributed by atoms with Gasteiger partial charge in [0.2, 0.25) is 5.88 Å². The first-order chi connectivity index (χ1) is 6.77. The van der Waals surface area contributed by atoms with Crippen LogP contribution in [0.3, 0.4) is 0 Å². The minimum absolute atomic E-state index is 0.0144. The van der Waals surface area contributed by atoms with E-state index in [9.17, 15) is 4.79 Å². The minimum atomic E-state index is -0.393. The third-order valence-electron chi connectivity index (χ3n) is 1.93. The fraction of sp³-hybridized carbons (Fsp3) is 0.500. The highest BCUT2D eigenvalue weighted by molar-refractivity contribution is 6.31. The van der Waals surface area contributed by atoms with Gasteiger partial charge in [0.25, 0.3) is 5.56 Å². The summed E-state index contributed by atoms with van der Waals surface area (Å²) in [4.78, 5) is 17.3. The molecule has 2 rings (SSSR count). The van der Waals surface area contributed by atoms with E-state index in [4.69, 9.17) is 21.1 Å². The third kappa shape index (κ3) is 1.88. The lowest BCUT2D eigenvalue weighted by atomic mass is 10.3. The molecule has 5 nitrogen and oxygen atoms in total. The van der Waals surface area contributed by atoms with Gasteiger partial charge in [0.15, 0.2) is 5.02 Å². The average Bonchev–Trinajstić information content (AvgIpc) is 2.66. The highest BCUT2D eigenvalue weighted by atomic mass is 35.5. The summed E-state index contributed by atoms with van der Waals surface area (Å²) in [6, 6.07) is 0. The second-order valence-corrected chi connectivity index (χ2v) is 3.33. The van der Waals surface area contributed by atoms with E-state index in [-0.39, 0.29) is 17.0 Å². The summed E-state index contributed by atoms with van der Waals surface area (Å²) < 4.78 is 10.5. The highest BCUT2D eigenvalue weighted by Crippen LogP contribution is 2.19. The minimum Gasteiger partial charge on any atom is -0.471 e. The van der Waals surface area contributed by atoms with Crippen LogP contribution in [0, 0.1) is 0 Å². The first-order valence-electron chi connectivity index (χ1n) is 4.25. The molecule has 1 aliphatic rings. The molecule has 0 aliphatic carbocycles. The highest BCUT2D eigenvalue weighted by Gasteiger charge is 2.19. The van der Waals surface area contributed by atoms with Crippen LogP contribution in [-0.2, 0) is 4.74 Å². The van der Waals surface area contributed by atoms with Crippen molar-refractivity contribution in [3.63, 3.8) is 0 Å². The van der Waals surface area contributed by atoms with E-state index >= 15 is 0 Å². The second-order valence-electron chi connectivity index (χ2n) is 2.95. The Kier molecular flexibility index (Phi) is 2.69. The number of nitrogens with one attached hydrogen (secondary N) is 1. The third-order valence-corrected chi connectivity index (χ3v) is 2.26. The maximum atomic E-state index is 11.1. The lowest BCUT2D eigenvalue weighted by molar-refractivity contribution is 0.138. The molecule has 1 saturated heterocycles. The van der Waals surface area contributed by atoms with Crippen LogP contribution in [0.5, 0.6) is 5.88 Å². The van der Waals surface area contributed by atoms with Crippen molar-refractivity contribution in [2.24, 2.45) is 0 Å². The molecule has 1 aliphatic heterocycles. The Labute approximate surface area is 85.0 Å². The zero-order chi connectivity index (χ0) is 9.97. The quantitative estimate of drug-likeness (QED) is 0.786. The smallest absolute Gasteiger partial charge is 0.273 e. The van der Waals surface area contributed by atoms with E-state index in [0.717, 1.165) is 6.42 Å². The van der Waals surface area contributed by atoms with Crippen molar-refractivity contribution < 1.29 is 9.47 Å². The van der Waals surface area contributed by atoms with Crippen molar-refractivity contribution >= 4 is 11.6 Å². The molecule has 0 spiro atoms. The average molecular weight is 217 g/mol. The monoisotopic (exact) mass is 216 g/mol. The Hall–Kier alpha value is -1.07. The maximum absolute atomic E-state index is 11.1. The van der Waals surface area contributed by atoms with Crippen molar-refractivity contribution in [3.8, 4) is 5.88 Å². The summed E-state index contributed by atoms with van der Waals surface area (Å²) in [6.07, 6.45) is 2.01. The fourth-order valence-electron chi connectivity index (χ4n) is 1.21. The Morgan fingerprint density at radius 1 is 1.71 bits per heavy atom. The molecule has 2 heterocycles. The van der Waals surface area contributed by atoms with Crippen LogP contribution in [0.4, 0.5) is 0 Å². The molecular formula is C8H9ClN2O3. The molecule has 1 aromatic heterocycles. The molecule has 1 atom stereocenters. The van der Waals surface area contributed by atoms with Gasteiger partial charge < -0.3 is 14.5 Å². The lowest BCUT2D eigenvalue weighted by Gasteiger charge is -2.10. The first kappa shape index (κ1) is 9.48. The number of aromatic nitrogens is 2. The zero-order valence-electron chi connectivity index (χ0n) is 7.33. The van der Waals surface area contributed by atoms with Crippen LogP contribution >= 0.6 is 11.6 Å². The van der Waals surface area contributed by atoms with Gasteiger partial charge in [0, 0.05) is 6.42 Å². The maximum Gasteiger partial charge on any atom is 0.273 e. The van der Waals surface area contributed by atoms with Gasteiger partial charge in [0.05, 0.1) is 19.5 Å². The summed E-state index contributed by atoms with van der Waals surface area (Å²) >= 11 is 5.70. The van der Waals surface area contributed by atoms with Gasteiger partial charge in [-0.15, -0.1) is 0 Å². The second kappa shape index (κ2) is 3.98. The zero-order valence-corrected chi connectivity index (χ0v) is 8.08. The van der Waals surface area contributed by atoms with Crippen LogP contribution in [0.1, 0.15) is 6.42 Å². The SMILES string of the molecule is O=c1[nH]cnc(OC2CCOC2)c1Cl. The van der Waals surface area contributed by atoms with E-state index in [0.29, 0.717) is 13.2 Å². The Morgan fingerprint density at radius 3 is 3.29 bits per heavy atom. The number of rotatable bonds is 2. The number of H-pyrrole nitrogens is 1. The van der Waals surface area contributed by atoms with Crippen molar-refractivity contribution in [1.82, 2.24) is 9.97 Å². The topological polar surface area (TPSA) is 64.2 Å². The largest absolute Gasteiger partial charge is 0.471 e. The number of aromatic amines is 1. The summed E-state index contributed by atoms with van der Waals surface area (Å²) in [6.45, 7) is 1.19. The van der Waals surface area contributed by atoms with E-state index in [2.05, 4.69) is 9.97 Å². The molecule has 0 saturated carbocycles. The molecule has 1 aromatic rings. The first-order valence-corrected chi connectivity index (χ1v) is 4.63.